The highest BCUT2D eigenvalue weighted by molar-refractivity contribution is 6.30. The summed E-state index contributed by atoms with van der Waals surface area (Å²) in [4.78, 5) is 11.7. The maximum absolute atomic E-state index is 13.0. The predicted molar refractivity (Wildman–Crippen MR) is 67.5 cm³/mol. The van der Waals surface area contributed by atoms with Crippen molar-refractivity contribution < 1.29 is 9.18 Å². The van der Waals surface area contributed by atoms with Gasteiger partial charge in [0.25, 0.3) is 0 Å². The van der Waals surface area contributed by atoms with E-state index in [0.717, 1.165) is 0 Å². The van der Waals surface area contributed by atoms with E-state index in [4.69, 9.17) is 17.3 Å². The number of amides is 1. The van der Waals surface area contributed by atoms with Crippen LogP contribution in [0.3, 0.4) is 0 Å². The highest BCUT2D eigenvalue weighted by Crippen LogP contribution is 2.18. The second-order valence-corrected chi connectivity index (χ2v) is 4.82. The number of halogens is 2. The Hall–Kier alpha value is -1.13. The molecule has 0 saturated heterocycles. The molecule has 0 bridgehead atoms. The lowest BCUT2D eigenvalue weighted by molar-refractivity contribution is -0.117. The first-order valence-electron chi connectivity index (χ1n) is 5.41. The van der Waals surface area contributed by atoms with Crippen LogP contribution in [-0.2, 0) is 4.79 Å². The molecule has 1 atom stereocenters. The van der Waals surface area contributed by atoms with Gasteiger partial charge in [-0.25, -0.2) is 4.39 Å². The van der Waals surface area contributed by atoms with Crippen molar-refractivity contribution in [3.63, 3.8) is 0 Å². The molecular weight excluding hydrogens is 243 g/mol. The Bertz CT molecular complexity index is 389. The normalized spacial score (nSPS) is 12.6. The first-order valence-corrected chi connectivity index (χ1v) is 5.79. The van der Waals surface area contributed by atoms with E-state index < -0.39 is 11.9 Å². The third kappa shape index (κ3) is 4.71. The zero-order valence-electron chi connectivity index (χ0n) is 9.84. The molecule has 1 amide bonds. The van der Waals surface area contributed by atoms with E-state index in [1.54, 1.807) is 0 Å². The van der Waals surface area contributed by atoms with Crippen molar-refractivity contribution in [2.45, 2.75) is 26.3 Å². The van der Waals surface area contributed by atoms with Gasteiger partial charge in [0.1, 0.15) is 5.82 Å². The van der Waals surface area contributed by atoms with Gasteiger partial charge in [0.15, 0.2) is 0 Å². The zero-order chi connectivity index (χ0) is 13.0. The van der Waals surface area contributed by atoms with Crippen molar-refractivity contribution in [1.82, 2.24) is 0 Å². The average molecular weight is 259 g/mol. The van der Waals surface area contributed by atoms with Crippen molar-refractivity contribution in [3.05, 3.63) is 29.0 Å². The van der Waals surface area contributed by atoms with Gasteiger partial charge < -0.3 is 11.1 Å². The molecule has 3 N–H and O–H groups in total. The maximum atomic E-state index is 13.0. The number of anilines is 1. The number of hydrogen-bond acceptors (Lipinski definition) is 2. The van der Waals surface area contributed by atoms with E-state index in [1.807, 2.05) is 13.8 Å². The lowest BCUT2D eigenvalue weighted by Crippen LogP contribution is -2.36. The van der Waals surface area contributed by atoms with E-state index in [-0.39, 0.29) is 10.9 Å². The van der Waals surface area contributed by atoms with Gasteiger partial charge >= 0.3 is 0 Å². The molecule has 0 fully saturated rings. The lowest BCUT2D eigenvalue weighted by Gasteiger charge is -2.14. The van der Waals surface area contributed by atoms with Crippen LogP contribution in [0, 0.1) is 11.7 Å². The fourth-order valence-electron chi connectivity index (χ4n) is 1.48. The molecule has 17 heavy (non-hydrogen) atoms. The van der Waals surface area contributed by atoms with E-state index >= 15 is 0 Å². The van der Waals surface area contributed by atoms with Crippen LogP contribution in [0.5, 0.6) is 0 Å². The molecule has 0 radical (unpaired) electrons. The smallest absolute Gasteiger partial charge is 0.241 e. The Labute approximate surface area is 105 Å². The summed E-state index contributed by atoms with van der Waals surface area (Å²) in [5.74, 6) is -0.502. The van der Waals surface area contributed by atoms with Gasteiger partial charge in [-0.05, 0) is 30.5 Å². The molecule has 0 aromatic heterocycles. The molecule has 0 heterocycles. The summed E-state index contributed by atoms with van der Waals surface area (Å²) in [5.41, 5.74) is 6.02. The molecule has 3 nitrogen and oxygen atoms in total. The first-order chi connectivity index (χ1) is 7.88. The Balaban J connectivity index is 2.67. The topological polar surface area (TPSA) is 55.1 Å². The first kappa shape index (κ1) is 13.9. The molecule has 0 spiro atoms. The second kappa shape index (κ2) is 5.98. The number of carbonyl (C=O) groups is 1. The molecular formula is C12H16ClFN2O. The highest BCUT2D eigenvalue weighted by Gasteiger charge is 2.15. The van der Waals surface area contributed by atoms with Gasteiger partial charge in [-0.15, -0.1) is 0 Å². The van der Waals surface area contributed by atoms with Crippen molar-refractivity contribution in [3.8, 4) is 0 Å². The summed E-state index contributed by atoms with van der Waals surface area (Å²) in [5, 5.41) is 2.77. The summed E-state index contributed by atoms with van der Waals surface area (Å²) in [6, 6.07) is 3.25. The van der Waals surface area contributed by atoms with Crippen LogP contribution in [0.1, 0.15) is 20.3 Å². The van der Waals surface area contributed by atoms with Crippen LogP contribution in [0.4, 0.5) is 10.1 Å². The summed E-state index contributed by atoms with van der Waals surface area (Å²) in [7, 11) is 0. The fraction of sp³-hybridized carbons (Fsp3) is 0.417. The molecule has 0 aliphatic carbocycles. The Morgan fingerprint density at radius 3 is 2.65 bits per heavy atom. The van der Waals surface area contributed by atoms with Crippen LogP contribution in [-0.4, -0.2) is 11.9 Å². The van der Waals surface area contributed by atoms with Crippen LogP contribution in [0.15, 0.2) is 18.2 Å². The molecule has 1 aromatic carbocycles. The average Bonchev–Trinajstić information content (AvgIpc) is 2.14. The number of rotatable bonds is 4. The standard InChI is InChI=1S/C12H16ClFN2O/c1-7(2)3-11(15)12(17)16-10-5-8(13)4-9(14)6-10/h4-7,11H,3,15H2,1-2H3,(H,16,17). The number of carbonyl (C=O) groups excluding carboxylic acids is 1. The van der Waals surface area contributed by atoms with E-state index in [2.05, 4.69) is 5.32 Å². The molecule has 1 aromatic rings. The molecule has 1 rings (SSSR count). The SMILES string of the molecule is CC(C)CC(N)C(=O)Nc1cc(F)cc(Cl)c1. The minimum Gasteiger partial charge on any atom is -0.325 e. The van der Waals surface area contributed by atoms with Crippen LogP contribution >= 0.6 is 11.6 Å². The lowest BCUT2D eigenvalue weighted by atomic mass is 10.0. The van der Waals surface area contributed by atoms with Crippen LogP contribution in [0.2, 0.25) is 5.02 Å². The van der Waals surface area contributed by atoms with Crippen molar-refractivity contribution in [2.24, 2.45) is 11.7 Å². The third-order valence-corrected chi connectivity index (χ3v) is 2.41. The summed E-state index contributed by atoms with van der Waals surface area (Å²) in [6.45, 7) is 3.96. The summed E-state index contributed by atoms with van der Waals surface area (Å²) < 4.78 is 13.0. The van der Waals surface area contributed by atoms with Gasteiger partial charge in [0.05, 0.1) is 6.04 Å². The van der Waals surface area contributed by atoms with Gasteiger partial charge in [0, 0.05) is 10.7 Å². The van der Waals surface area contributed by atoms with Crippen LogP contribution in [0.25, 0.3) is 0 Å². The van der Waals surface area contributed by atoms with Gasteiger partial charge in [-0.3, -0.25) is 4.79 Å². The van der Waals surface area contributed by atoms with E-state index in [1.165, 1.54) is 18.2 Å². The Morgan fingerprint density at radius 1 is 1.47 bits per heavy atom. The van der Waals surface area contributed by atoms with E-state index in [9.17, 15) is 9.18 Å². The Morgan fingerprint density at radius 2 is 2.12 bits per heavy atom. The van der Waals surface area contributed by atoms with E-state index in [0.29, 0.717) is 18.0 Å². The van der Waals surface area contributed by atoms with Gasteiger partial charge in [-0.1, -0.05) is 25.4 Å². The molecule has 94 valence electrons. The molecule has 5 heteroatoms. The number of nitrogens with two attached hydrogens (primary N) is 1. The van der Waals surface area contributed by atoms with Crippen molar-refractivity contribution in [2.75, 3.05) is 5.32 Å². The largest absolute Gasteiger partial charge is 0.325 e. The molecule has 0 aliphatic rings. The zero-order valence-corrected chi connectivity index (χ0v) is 10.6. The highest BCUT2D eigenvalue weighted by atomic mass is 35.5. The van der Waals surface area contributed by atoms with Gasteiger partial charge in [-0.2, -0.15) is 0 Å². The molecule has 0 saturated carbocycles. The van der Waals surface area contributed by atoms with Crippen molar-refractivity contribution >= 4 is 23.2 Å². The number of nitrogens with one attached hydrogen (secondary N) is 1. The number of benzene rings is 1. The predicted octanol–water partition coefficient (Wildman–Crippen LogP) is 2.79. The molecule has 0 aliphatic heterocycles. The molecule has 1 unspecified atom stereocenters. The van der Waals surface area contributed by atoms with Gasteiger partial charge in [0.2, 0.25) is 5.91 Å². The quantitative estimate of drug-likeness (QED) is 0.873. The second-order valence-electron chi connectivity index (χ2n) is 4.38. The Kier molecular flexibility index (Phi) is 4.90. The van der Waals surface area contributed by atoms with Crippen molar-refractivity contribution in [1.29, 1.82) is 0 Å². The summed E-state index contributed by atoms with van der Waals surface area (Å²) >= 11 is 5.67. The van der Waals surface area contributed by atoms with Crippen LogP contribution < -0.4 is 11.1 Å². The minimum atomic E-state index is -0.600. The minimum absolute atomic E-state index is 0.234. The number of hydrogen-bond donors (Lipinski definition) is 2. The summed E-state index contributed by atoms with van der Waals surface area (Å²) in [6.07, 6.45) is 0.578. The fourth-order valence-corrected chi connectivity index (χ4v) is 1.70. The monoisotopic (exact) mass is 258 g/mol. The maximum Gasteiger partial charge on any atom is 0.241 e. The third-order valence-electron chi connectivity index (χ3n) is 2.19.